The van der Waals surface area contributed by atoms with Crippen LogP contribution in [0.4, 0.5) is 10.5 Å². The van der Waals surface area contributed by atoms with Gasteiger partial charge in [0.05, 0.1) is 17.5 Å². The van der Waals surface area contributed by atoms with E-state index in [1.54, 1.807) is 24.3 Å². The molecule has 1 unspecified atom stereocenters. The van der Waals surface area contributed by atoms with Gasteiger partial charge in [-0.2, -0.15) is 0 Å². The Bertz CT molecular complexity index is 1050. The Morgan fingerprint density at radius 2 is 1.62 bits per heavy atom. The number of nitrogens with one attached hydrogen (secondary N) is 1. The van der Waals surface area contributed by atoms with E-state index in [0.717, 1.165) is 24.5 Å². The quantitative estimate of drug-likeness (QED) is 0.587. The Hall–Kier alpha value is -2.78. The molecular formula is C25H33N3O5S. The van der Waals surface area contributed by atoms with Gasteiger partial charge in [0.15, 0.2) is 0 Å². The highest BCUT2D eigenvalue weighted by Gasteiger charge is 2.32. The fourth-order valence-corrected chi connectivity index (χ4v) is 6.41. The zero-order valence-electron chi connectivity index (χ0n) is 19.3. The zero-order valence-corrected chi connectivity index (χ0v) is 20.1. The van der Waals surface area contributed by atoms with Gasteiger partial charge in [-0.05, 0) is 49.8 Å². The van der Waals surface area contributed by atoms with Crippen molar-refractivity contribution in [3.05, 3.63) is 60.2 Å². The number of sulfonamides is 1. The first-order chi connectivity index (χ1) is 16.4. The maximum Gasteiger partial charge on any atom is 0.405 e. The molecule has 9 heteroatoms. The third kappa shape index (κ3) is 6.21. The monoisotopic (exact) mass is 487 g/mol. The number of ether oxygens (including phenoxy) is 1. The van der Waals surface area contributed by atoms with Crippen molar-refractivity contribution in [2.45, 2.75) is 44.2 Å². The lowest BCUT2D eigenvalue weighted by Crippen LogP contribution is -2.45. The van der Waals surface area contributed by atoms with Crippen LogP contribution >= 0.6 is 0 Å². The number of para-hydroxylation sites is 2. The Labute approximate surface area is 201 Å². The Morgan fingerprint density at radius 1 is 0.971 bits per heavy atom. The van der Waals surface area contributed by atoms with E-state index in [1.165, 1.54) is 23.6 Å². The summed E-state index contributed by atoms with van der Waals surface area (Å²) in [6.07, 6.45) is 3.52. The van der Waals surface area contributed by atoms with Crippen LogP contribution in [0.2, 0.25) is 0 Å². The van der Waals surface area contributed by atoms with Crippen molar-refractivity contribution in [3.8, 4) is 5.75 Å². The van der Waals surface area contributed by atoms with Crippen LogP contribution in [-0.2, 0) is 10.0 Å². The molecule has 0 bridgehead atoms. The van der Waals surface area contributed by atoms with E-state index in [2.05, 4.69) is 16.3 Å². The molecule has 0 spiro atoms. The average Bonchev–Trinajstić information content (AvgIpc) is 2.85. The minimum Gasteiger partial charge on any atom is -0.488 e. The van der Waals surface area contributed by atoms with Crippen LogP contribution < -0.4 is 15.0 Å². The van der Waals surface area contributed by atoms with Gasteiger partial charge >= 0.3 is 6.09 Å². The third-order valence-electron chi connectivity index (χ3n) is 6.53. The normalized spacial score (nSPS) is 18.9. The molecule has 1 amide bonds. The van der Waals surface area contributed by atoms with E-state index < -0.39 is 22.2 Å². The summed E-state index contributed by atoms with van der Waals surface area (Å²) in [5.41, 5.74) is 1.74. The SMILES string of the molecule is O=C(O)NC(CS(=O)(=O)N1CCC(Oc2ccccc2N2CCCCC2)CC1)c1ccccc1. The number of piperidine rings is 2. The minimum absolute atomic E-state index is 0.0561. The molecule has 1 atom stereocenters. The molecule has 2 aliphatic rings. The lowest BCUT2D eigenvalue weighted by Gasteiger charge is -2.34. The van der Waals surface area contributed by atoms with E-state index in [1.807, 2.05) is 24.3 Å². The highest BCUT2D eigenvalue weighted by molar-refractivity contribution is 7.89. The van der Waals surface area contributed by atoms with E-state index in [0.29, 0.717) is 31.5 Å². The highest BCUT2D eigenvalue weighted by atomic mass is 32.2. The Kier molecular flexibility index (Phi) is 7.95. The molecule has 0 saturated carbocycles. The van der Waals surface area contributed by atoms with Crippen LogP contribution in [0.3, 0.4) is 0 Å². The fourth-order valence-electron chi connectivity index (χ4n) is 4.73. The number of nitrogens with zero attached hydrogens (tertiary/aromatic N) is 2. The van der Waals surface area contributed by atoms with Gasteiger partial charge in [-0.15, -0.1) is 0 Å². The van der Waals surface area contributed by atoms with Crippen molar-refractivity contribution in [1.82, 2.24) is 9.62 Å². The molecule has 8 nitrogen and oxygen atoms in total. The Balaban J connectivity index is 1.37. The van der Waals surface area contributed by atoms with Crippen LogP contribution in [0, 0.1) is 0 Å². The summed E-state index contributed by atoms with van der Waals surface area (Å²) in [5, 5.41) is 11.6. The van der Waals surface area contributed by atoms with Crippen molar-refractivity contribution in [2.24, 2.45) is 0 Å². The van der Waals surface area contributed by atoms with Gasteiger partial charge in [0.1, 0.15) is 11.9 Å². The molecule has 4 rings (SSSR count). The number of carboxylic acid groups (broad SMARTS) is 1. The van der Waals surface area contributed by atoms with Gasteiger partial charge in [0.2, 0.25) is 10.0 Å². The number of hydrogen-bond donors (Lipinski definition) is 2. The summed E-state index contributed by atoms with van der Waals surface area (Å²) in [6, 6.07) is 16.1. The van der Waals surface area contributed by atoms with E-state index >= 15 is 0 Å². The van der Waals surface area contributed by atoms with Crippen molar-refractivity contribution in [1.29, 1.82) is 0 Å². The van der Waals surface area contributed by atoms with Gasteiger partial charge < -0.3 is 20.1 Å². The van der Waals surface area contributed by atoms with E-state index in [9.17, 15) is 18.3 Å². The largest absolute Gasteiger partial charge is 0.488 e. The first-order valence-corrected chi connectivity index (χ1v) is 13.6. The molecule has 0 aliphatic carbocycles. The number of benzene rings is 2. The summed E-state index contributed by atoms with van der Waals surface area (Å²) in [5.74, 6) is 0.549. The molecule has 2 aliphatic heterocycles. The average molecular weight is 488 g/mol. The molecule has 34 heavy (non-hydrogen) atoms. The predicted octanol–water partition coefficient (Wildman–Crippen LogP) is 3.86. The topological polar surface area (TPSA) is 99.2 Å². The summed E-state index contributed by atoms with van der Waals surface area (Å²) < 4.78 is 34.1. The van der Waals surface area contributed by atoms with Crippen LogP contribution in [0.15, 0.2) is 54.6 Å². The van der Waals surface area contributed by atoms with Gasteiger partial charge in [0, 0.05) is 26.2 Å². The summed E-state index contributed by atoms with van der Waals surface area (Å²) in [6.45, 7) is 2.77. The molecule has 2 heterocycles. The predicted molar refractivity (Wildman–Crippen MR) is 132 cm³/mol. The first kappa shape index (κ1) is 24.3. The lowest BCUT2D eigenvalue weighted by atomic mass is 10.1. The van der Waals surface area contributed by atoms with Gasteiger partial charge in [-0.25, -0.2) is 17.5 Å². The molecule has 2 fully saturated rings. The maximum absolute atomic E-state index is 13.1. The van der Waals surface area contributed by atoms with Crippen molar-refractivity contribution >= 4 is 21.8 Å². The van der Waals surface area contributed by atoms with E-state index in [-0.39, 0.29) is 11.9 Å². The van der Waals surface area contributed by atoms with Crippen molar-refractivity contribution < 1.29 is 23.1 Å². The van der Waals surface area contributed by atoms with Crippen molar-refractivity contribution in [3.63, 3.8) is 0 Å². The second-order valence-electron chi connectivity index (χ2n) is 8.92. The second-order valence-corrected chi connectivity index (χ2v) is 10.9. The fraction of sp³-hybridized carbons (Fsp3) is 0.480. The third-order valence-corrected chi connectivity index (χ3v) is 8.43. The minimum atomic E-state index is -3.65. The number of amides is 1. The number of carbonyl (C=O) groups is 1. The van der Waals surface area contributed by atoms with Crippen LogP contribution in [-0.4, -0.2) is 62.0 Å². The molecule has 2 aromatic carbocycles. The smallest absolute Gasteiger partial charge is 0.405 e. The first-order valence-electron chi connectivity index (χ1n) is 12.0. The number of anilines is 1. The van der Waals surface area contributed by atoms with Gasteiger partial charge in [0.25, 0.3) is 0 Å². The second kappa shape index (κ2) is 11.1. The van der Waals surface area contributed by atoms with Crippen molar-refractivity contribution in [2.75, 3.05) is 36.8 Å². The molecule has 2 saturated heterocycles. The maximum atomic E-state index is 13.1. The molecule has 0 aromatic heterocycles. The summed E-state index contributed by atoms with van der Waals surface area (Å²) in [7, 11) is -3.65. The molecular weight excluding hydrogens is 454 g/mol. The summed E-state index contributed by atoms with van der Waals surface area (Å²) in [4.78, 5) is 13.6. The molecule has 0 radical (unpaired) electrons. The number of hydrogen-bond acceptors (Lipinski definition) is 5. The van der Waals surface area contributed by atoms with Crippen LogP contribution in [0.5, 0.6) is 5.75 Å². The Morgan fingerprint density at radius 3 is 2.29 bits per heavy atom. The zero-order chi connectivity index (χ0) is 24.0. The molecule has 2 aromatic rings. The standard InChI is InChI=1S/C25H33N3O5S/c29-25(30)26-22(20-9-3-1-4-10-20)19-34(31,32)28-17-13-21(14-18-28)33-24-12-6-5-11-23(24)27-15-7-2-8-16-27/h1,3-6,9-12,21-22,26H,2,7-8,13-19H2,(H,29,30). The van der Waals surface area contributed by atoms with Crippen LogP contribution in [0.25, 0.3) is 0 Å². The number of rotatable bonds is 8. The molecule has 184 valence electrons. The summed E-state index contributed by atoms with van der Waals surface area (Å²) >= 11 is 0. The van der Waals surface area contributed by atoms with E-state index in [4.69, 9.17) is 4.74 Å². The van der Waals surface area contributed by atoms with Gasteiger partial charge in [-0.3, -0.25) is 0 Å². The van der Waals surface area contributed by atoms with Crippen LogP contribution in [0.1, 0.15) is 43.7 Å². The molecule has 2 N–H and O–H groups in total. The van der Waals surface area contributed by atoms with Gasteiger partial charge in [-0.1, -0.05) is 42.5 Å². The lowest BCUT2D eigenvalue weighted by molar-refractivity contribution is 0.135. The highest BCUT2D eigenvalue weighted by Crippen LogP contribution is 2.32.